The highest BCUT2D eigenvalue weighted by molar-refractivity contribution is 5.98. The Kier molecular flexibility index (Phi) is 3.67. The summed E-state index contributed by atoms with van der Waals surface area (Å²) in [6, 6.07) is 0. The van der Waals surface area contributed by atoms with Gasteiger partial charge < -0.3 is 15.1 Å². The summed E-state index contributed by atoms with van der Waals surface area (Å²) in [4.78, 5) is 28.1. The highest BCUT2D eigenvalue weighted by Gasteiger charge is 2.35. The Morgan fingerprint density at radius 2 is 2.19 bits per heavy atom. The Labute approximate surface area is 123 Å². The molecule has 21 heavy (non-hydrogen) atoms. The molecule has 1 aromatic rings. The van der Waals surface area contributed by atoms with Crippen molar-refractivity contribution in [2.24, 2.45) is 18.9 Å². The summed E-state index contributed by atoms with van der Waals surface area (Å²) in [6.45, 7) is 5.05. The van der Waals surface area contributed by atoms with Crippen molar-refractivity contribution in [1.29, 1.82) is 0 Å². The van der Waals surface area contributed by atoms with E-state index in [1.54, 1.807) is 20.7 Å². The number of nitrogens with one attached hydrogen (secondary N) is 1. The number of carbonyl (C=O) groups is 2. The van der Waals surface area contributed by atoms with E-state index < -0.39 is 0 Å². The van der Waals surface area contributed by atoms with Crippen molar-refractivity contribution in [2.45, 2.75) is 6.92 Å². The zero-order chi connectivity index (χ0) is 15.0. The van der Waals surface area contributed by atoms with Crippen LogP contribution in [0.3, 0.4) is 0 Å². The average molecular weight is 291 g/mol. The molecule has 0 radical (unpaired) electrons. The third-order valence-corrected chi connectivity index (χ3v) is 4.44. The van der Waals surface area contributed by atoms with Crippen molar-refractivity contribution in [3.63, 3.8) is 0 Å². The van der Waals surface area contributed by atoms with Crippen LogP contribution in [-0.4, -0.2) is 59.2 Å². The first-order valence-corrected chi connectivity index (χ1v) is 7.35. The largest absolute Gasteiger partial charge is 0.331 e. The maximum atomic E-state index is 12.4. The van der Waals surface area contributed by atoms with Crippen molar-refractivity contribution in [3.8, 4) is 0 Å². The van der Waals surface area contributed by atoms with E-state index in [0.29, 0.717) is 19.0 Å². The number of anilines is 1. The Balaban J connectivity index is 1.62. The maximum absolute atomic E-state index is 12.4. The second-order valence-electron chi connectivity index (χ2n) is 5.88. The smallest absolute Gasteiger partial charge is 0.246 e. The van der Waals surface area contributed by atoms with E-state index in [0.717, 1.165) is 18.8 Å². The molecule has 2 amide bonds. The molecule has 0 aromatic carbocycles. The van der Waals surface area contributed by atoms with Crippen LogP contribution in [0, 0.1) is 11.8 Å². The summed E-state index contributed by atoms with van der Waals surface area (Å²) in [6.07, 6.45) is 3.50. The van der Waals surface area contributed by atoms with Crippen molar-refractivity contribution in [3.05, 3.63) is 12.4 Å². The van der Waals surface area contributed by atoms with Gasteiger partial charge in [0.25, 0.3) is 0 Å². The van der Waals surface area contributed by atoms with Crippen LogP contribution in [-0.2, 0) is 16.6 Å². The predicted octanol–water partition coefficient (Wildman–Crippen LogP) is -0.549. The molecule has 1 unspecified atom stereocenters. The minimum Gasteiger partial charge on any atom is -0.331 e. The topological polar surface area (TPSA) is 70.5 Å². The van der Waals surface area contributed by atoms with Gasteiger partial charge in [0.05, 0.1) is 11.9 Å². The molecule has 7 nitrogen and oxygen atoms in total. The van der Waals surface area contributed by atoms with E-state index in [4.69, 9.17) is 0 Å². The lowest BCUT2D eigenvalue weighted by molar-refractivity contribution is -0.141. The van der Waals surface area contributed by atoms with Crippen molar-refractivity contribution >= 4 is 17.5 Å². The molecule has 0 spiro atoms. The number of aryl methyl sites for hydroxylation is 1. The third kappa shape index (κ3) is 2.65. The van der Waals surface area contributed by atoms with E-state index in [1.807, 2.05) is 20.2 Å². The molecular formula is C14H21N5O2. The predicted molar refractivity (Wildman–Crippen MR) is 77.7 cm³/mol. The second kappa shape index (κ2) is 5.48. The van der Waals surface area contributed by atoms with Crippen LogP contribution >= 0.6 is 0 Å². The van der Waals surface area contributed by atoms with Crippen LogP contribution in [0.25, 0.3) is 0 Å². The number of rotatable bonds is 3. The minimum atomic E-state index is -0.0402. The first kappa shape index (κ1) is 14.1. The number of hydrogen-bond acceptors (Lipinski definition) is 4. The van der Waals surface area contributed by atoms with E-state index in [-0.39, 0.29) is 24.3 Å². The number of nitrogens with zero attached hydrogens (tertiary/aromatic N) is 4. The van der Waals surface area contributed by atoms with E-state index in [2.05, 4.69) is 10.4 Å². The zero-order valence-corrected chi connectivity index (χ0v) is 12.5. The lowest BCUT2D eigenvalue weighted by Gasteiger charge is -2.38. The van der Waals surface area contributed by atoms with Crippen LogP contribution < -0.4 is 10.2 Å². The van der Waals surface area contributed by atoms with Crippen LogP contribution in [0.4, 0.5) is 5.69 Å². The summed E-state index contributed by atoms with van der Waals surface area (Å²) in [5, 5.41) is 7.27. The van der Waals surface area contributed by atoms with Gasteiger partial charge in [-0.15, -0.1) is 0 Å². The Hall–Kier alpha value is -1.89. The fraction of sp³-hybridized carbons (Fsp3) is 0.643. The molecule has 3 heterocycles. The molecule has 1 atom stereocenters. The highest BCUT2D eigenvalue weighted by Crippen LogP contribution is 2.21. The average Bonchev–Trinajstić information content (AvgIpc) is 2.82. The van der Waals surface area contributed by atoms with Gasteiger partial charge in [-0.25, -0.2) is 0 Å². The van der Waals surface area contributed by atoms with Gasteiger partial charge in [-0.1, -0.05) is 6.92 Å². The van der Waals surface area contributed by atoms with Crippen LogP contribution in [0.15, 0.2) is 12.4 Å². The lowest BCUT2D eigenvalue weighted by Crippen LogP contribution is -2.56. The van der Waals surface area contributed by atoms with Gasteiger partial charge in [-0.2, -0.15) is 5.10 Å². The Bertz CT molecular complexity index is 551. The van der Waals surface area contributed by atoms with Gasteiger partial charge in [-0.05, 0) is 19.0 Å². The fourth-order valence-corrected chi connectivity index (χ4v) is 2.84. The standard InChI is InChI=1S/C14H21N5O2/c1-10(11-5-15-6-11)14(21)18-3-4-19(13(20)9-18)12-7-16-17(2)8-12/h7-8,10-11,15H,3-6,9H2,1-2H3. The summed E-state index contributed by atoms with van der Waals surface area (Å²) in [5.74, 6) is 0.454. The molecule has 0 aliphatic carbocycles. The van der Waals surface area contributed by atoms with Gasteiger partial charge in [0.15, 0.2) is 0 Å². The number of amides is 2. The molecule has 0 saturated carbocycles. The normalized spacial score (nSPS) is 21.3. The van der Waals surface area contributed by atoms with Gasteiger partial charge in [-0.3, -0.25) is 14.3 Å². The third-order valence-electron chi connectivity index (χ3n) is 4.44. The van der Waals surface area contributed by atoms with Gasteiger partial charge >= 0.3 is 0 Å². The highest BCUT2D eigenvalue weighted by atomic mass is 16.2. The number of piperazine rings is 1. The molecule has 1 N–H and O–H groups in total. The van der Waals surface area contributed by atoms with Crippen LogP contribution in [0.5, 0.6) is 0 Å². The van der Waals surface area contributed by atoms with Crippen molar-refractivity contribution in [2.75, 3.05) is 37.6 Å². The SMILES string of the molecule is CC(C(=O)N1CCN(c2cnn(C)c2)C(=O)C1)C1CNC1. The Morgan fingerprint density at radius 3 is 2.71 bits per heavy atom. The molecule has 3 rings (SSSR count). The van der Waals surface area contributed by atoms with Crippen molar-refractivity contribution < 1.29 is 9.59 Å². The molecule has 2 fully saturated rings. The molecule has 0 bridgehead atoms. The van der Waals surface area contributed by atoms with Crippen LogP contribution in [0.1, 0.15) is 6.92 Å². The zero-order valence-electron chi connectivity index (χ0n) is 12.5. The molecular weight excluding hydrogens is 270 g/mol. The lowest BCUT2D eigenvalue weighted by atomic mass is 9.88. The first-order valence-electron chi connectivity index (χ1n) is 7.35. The fourth-order valence-electron chi connectivity index (χ4n) is 2.84. The second-order valence-corrected chi connectivity index (χ2v) is 5.88. The maximum Gasteiger partial charge on any atom is 0.246 e. The Morgan fingerprint density at radius 1 is 1.43 bits per heavy atom. The summed E-state index contributed by atoms with van der Waals surface area (Å²) in [5.41, 5.74) is 0.797. The molecule has 2 aliphatic rings. The molecule has 1 aromatic heterocycles. The molecule has 2 saturated heterocycles. The monoisotopic (exact) mass is 291 g/mol. The van der Waals surface area contributed by atoms with Gasteiger partial charge in [0.2, 0.25) is 11.8 Å². The van der Waals surface area contributed by atoms with Crippen LogP contribution in [0.2, 0.25) is 0 Å². The summed E-state index contributed by atoms with van der Waals surface area (Å²) in [7, 11) is 1.82. The first-order chi connectivity index (χ1) is 10.1. The van der Waals surface area contributed by atoms with E-state index >= 15 is 0 Å². The van der Waals surface area contributed by atoms with Gasteiger partial charge in [0, 0.05) is 32.3 Å². The summed E-state index contributed by atoms with van der Waals surface area (Å²) < 4.78 is 1.67. The number of carbonyl (C=O) groups excluding carboxylic acids is 2. The number of aromatic nitrogens is 2. The molecule has 7 heteroatoms. The summed E-state index contributed by atoms with van der Waals surface area (Å²) >= 11 is 0. The van der Waals surface area contributed by atoms with Crippen molar-refractivity contribution in [1.82, 2.24) is 20.0 Å². The minimum absolute atomic E-state index is 0.0102. The van der Waals surface area contributed by atoms with Gasteiger partial charge in [0.1, 0.15) is 6.54 Å². The number of hydrogen-bond donors (Lipinski definition) is 1. The quantitative estimate of drug-likeness (QED) is 0.811. The molecule has 2 aliphatic heterocycles. The van der Waals surface area contributed by atoms with E-state index in [1.165, 1.54) is 0 Å². The van der Waals surface area contributed by atoms with E-state index in [9.17, 15) is 9.59 Å². The molecule has 114 valence electrons.